The highest BCUT2D eigenvalue weighted by Gasteiger charge is 2.30. The monoisotopic (exact) mass is 385 g/mol. The second-order valence-corrected chi connectivity index (χ2v) is 9.46. The molecule has 1 aliphatic heterocycles. The van der Waals surface area contributed by atoms with Crippen LogP contribution >= 0.6 is 11.8 Å². The summed E-state index contributed by atoms with van der Waals surface area (Å²) in [5, 5.41) is 7.70. The van der Waals surface area contributed by atoms with Gasteiger partial charge in [0.05, 0.1) is 28.8 Å². The lowest BCUT2D eigenvalue weighted by Crippen LogP contribution is -2.27. The Kier molecular flexibility index (Phi) is 4.93. The minimum absolute atomic E-state index is 0.0240. The highest BCUT2D eigenvalue weighted by molar-refractivity contribution is 8.00. The molecule has 0 unspecified atom stereocenters. The number of aromatic nitrogens is 2. The fraction of sp³-hybridized carbons (Fsp3) is 0.524. The molecule has 0 spiro atoms. The maximum atomic E-state index is 12.3. The van der Waals surface area contributed by atoms with E-state index in [2.05, 4.69) is 55.5 Å². The van der Waals surface area contributed by atoms with E-state index in [0.29, 0.717) is 11.9 Å². The number of carbonyl (C=O) groups excluding carboxylic acids is 1. The summed E-state index contributed by atoms with van der Waals surface area (Å²) in [6, 6.07) is 8.36. The van der Waals surface area contributed by atoms with Crippen molar-refractivity contribution >= 4 is 23.5 Å². The second kappa shape index (κ2) is 7.23. The molecule has 1 saturated carbocycles. The average molecular weight is 386 g/mol. The van der Waals surface area contributed by atoms with Gasteiger partial charge in [0.2, 0.25) is 5.91 Å². The SMILES string of the molecule is CC(C)(C)n1ncc2c1NC(=O)CS[C@H]2c1ccc(OC2CCCC2)cc1. The number of amides is 1. The lowest BCUT2D eigenvalue weighted by atomic mass is 10.1. The van der Waals surface area contributed by atoms with E-state index in [1.807, 2.05) is 10.9 Å². The smallest absolute Gasteiger partial charge is 0.235 e. The largest absolute Gasteiger partial charge is 0.490 e. The van der Waals surface area contributed by atoms with E-state index < -0.39 is 0 Å². The molecule has 1 atom stereocenters. The second-order valence-electron chi connectivity index (χ2n) is 8.36. The molecule has 1 N–H and O–H groups in total. The number of nitrogens with zero attached hydrogens (tertiary/aromatic N) is 2. The maximum absolute atomic E-state index is 12.3. The summed E-state index contributed by atoms with van der Waals surface area (Å²) in [7, 11) is 0. The van der Waals surface area contributed by atoms with Crippen LogP contribution < -0.4 is 10.1 Å². The number of fused-ring (bicyclic) bond motifs is 1. The first kappa shape index (κ1) is 18.4. The molecule has 0 radical (unpaired) electrons. The first-order valence-corrected chi connectivity index (χ1v) is 10.7. The third kappa shape index (κ3) is 3.86. The summed E-state index contributed by atoms with van der Waals surface area (Å²) in [4.78, 5) is 12.3. The van der Waals surface area contributed by atoms with Crippen LogP contribution in [-0.2, 0) is 10.3 Å². The van der Waals surface area contributed by atoms with Crippen molar-refractivity contribution in [2.45, 2.75) is 63.3 Å². The van der Waals surface area contributed by atoms with Crippen LogP contribution in [0.3, 0.4) is 0 Å². The molecule has 1 aromatic carbocycles. The van der Waals surface area contributed by atoms with Crippen molar-refractivity contribution < 1.29 is 9.53 Å². The van der Waals surface area contributed by atoms with E-state index >= 15 is 0 Å². The zero-order valence-corrected chi connectivity index (χ0v) is 17.0. The summed E-state index contributed by atoms with van der Waals surface area (Å²) in [5.41, 5.74) is 2.04. The van der Waals surface area contributed by atoms with Crippen LogP contribution in [0.1, 0.15) is 62.8 Å². The summed E-state index contributed by atoms with van der Waals surface area (Å²) in [6.07, 6.45) is 7.10. The first-order valence-electron chi connectivity index (χ1n) is 9.68. The van der Waals surface area contributed by atoms with Gasteiger partial charge < -0.3 is 10.1 Å². The van der Waals surface area contributed by atoms with E-state index in [1.54, 1.807) is 11.8 Å². The number of thioether (sulfide) groups is 1. The molecule has 2 aromatic rings. The van der Waals surface area contributed by atoms with Crippen LogP contribution in [-0.4, -0.2) is 27.5 Å². The van der Waals surface area contributed by atoms with E-state index in [0.717, 1.165) is 30.0 Å². The molecular weight excluding hydrogens is 358 g/mol. The van der Waals surface area contributed by atoms with Gasteiger partial charge in [-0.3, -0.25) is 4.79 Å². The number of rotatable bonds is 3. The molecule has 1 fully saturated rings. The van der Waals surface area contributed by atoms with Crippen molar-refractivity contribution in [3.8, 4) is 5.75 Å². The Bertz CT molecular complexity index is 817. The molecule has 1 aromatic heterocycles. The molecule has 6 heteroatoms. The molecule has 27 heavy (non-hydrogen) atoms. The summed E-state index contributed by atoms with van der Waals surface area (Å²) in [6.45, 7) is 6.28. The molecule has 2 heterocycles. The van der Waals surface area contributed by atoms with Gasteiger partial charge >= 0.3 is 0 Å². The van der Waals surface area contributed by atoms with Gasteiger partial charge in [-0.25, -0.2) is 4.68 Å². The van der Waals surface area contributed by atoms with E-state index in [4.69, 9.17) is 4.74 Å². The number of hydrogen-bond donors (Lipinski definition) is 1. The van der Waals surface area contributed by atoms with E-state index in [1.165, 1.54) is 18.4 Å². The van der Waals surface area contributed by atoms with E-state index in [-0.39, 0.29) is 16.7 Å². The van der Waals surface area contributed by atoms with Gasteiger partial charge in [0.15, 0.2) is 0 Å². The molecule has 1 amide bonds. The minimum Gasteiger partial charge on any atom is -0.490 e. The number of ether oxygens (including phenoxy) is 1. The lowest BCUT2D eigenvalue weighted by molar-refractivity contribution is -0.113. The Morgan fingerprint density at radius 1 is 1.19 bits per heavy atom. The van der Waals surface area contributed by atoms with Gasteiger partial charge in [0.1, 0.15) is 11.6 Å². The van der Waals surface area contributed by atoms with Crippen molar-refractivity contribution in [3.63, 3.8) is 0 Å². The quantitative estimate of drug-likeness (QED) is 0.829. The highest BCUT2D eigenvalue weighted by Crippen LogP contribution is 2.43. The molecule has 2 aliphatic rings. The van der Waals surface area contributed by atoms with Crippen molar-refractivity contribution in [2.75, 3.05) is 11.1 Å². The van der Waals surface area contributed by atoms with Gasteiger partial charge in [0, 0.05) is 5.56 Å². The number of hydrogen-bond acceptors (Lipinski definition) is 4. The normalized spacial score (nSPS) is 20.9. The topological polar surface area (TPSA) is 56.2 Å². The molecule has 0 saturated heterocycles. The maximum Gasteiger partial charge on any atom is 0.235 e. The Morgan fingerprint density at radius 3 is 2.56 bits per heavy atom. The van der Waals surface area contributed by atoms with Crippen LogP contribution in [0.2, 0.25) is 0 Å². The van der Waals surface area contributed by atoms with E-state index in [9.17, 15) is 4.79 Å². The van der Waals surface area contributed by atoms with Crippen LogP contribution in [0, 0.1) is 0 Å². The Labute approximate surface area is 164 Å². The standard InChI is InChI=1S/C21H27N3O2S/c1-21(2,3)24-20-17(12-22-24)19(27-13-18(25)23-20)14-8-10-16(11-9-14)26-15-6-4-5-7-15/h8-12,15,19H,4-7,13H2,1-3H3,(H,23,25)/t19-/m0/s1. The summed E-state index contributed by atoms with van der Waals surface area (Å²) < 4.78 is 8.00. The fourth-order valence-electron chi connectivity index (χ4n) is 3.80. The number of anilines is 1. The van der Waals surface area contributed by atoms with Gasteiger partial charge in [-0.1, -0.05) is 12.1 Å². The zero-order chi connectivity index (χ0) is 19.0. The van der Waals surface area contributed by atoms with Gasteiger partial charge in [-0.15, -0.1) is 11.8 Å². The minimum atomic E-state index is -0.195. The Hall–Kier alpha value is -1.95. The van der Waals surface area contributed by atoms with Crippen molar-refractivity contribution in [2.24, 2.45) is 0 Å². The van der Waals surface area contributed by atoms with Crippen LogP contribution in [0.4, 0.5) is 5.82 Å². The number of benzene rings is 1. The molecule has 1 aliphatic carbocycles. The van der Waals surface area contributed by atoms with Crippen molar-refractivity contribution in [1.29, 1.82) is 0 Å². The molecule has 4 rings (SSSR count). The molecule has 0 bridgehead atoms. The highest BCUT2D eigenvalue weighted by atomic mass is 32.2. The van der Waals surface area contributed by atoms with Gasteiger partial charge in [-0.2, -0.15) is 5.10 Å². The molecule has 144 valence electrons. The van der Waals surface area contributed by atoms with Crippen LogP contribution in [0.5, 0.6) is 5.75 Å². The van der Waals surface area contributed by atoms with Crippen LogP contribution in [0.15, 0.2) is 30.5 Å². The predicted octanol–water partition coefficient (Wildman–Crippen LogP) is 4.73. The zero-order valence-electron chi connectivity index (χ0n) is 16.2. The third-order valence-corrected chi connectivity index (χ3v) is 6.43. The number of nitrogens with one attached hydrogen (secondary N) is 1. The Balaban J connectivity index is 1.62. The number of carbonyl (C=O) groups is 1. The molecule has 5 nitrogen and oxygen atoms in total. The van der Waals surface area contributed by atoms with Crippen molar-refractivity contribution in [1.82, 2.24) is 9.78 Å². The first-order chi connectivity index (χ1) is 12.9. The average Bonchev–Trinajstić information content (AvgIpc) is 3.23. The van der Waals surface area contributed by atoms with Gasteiger partial charge in [0.25, 0.3) is 0 Å². The van der Waals surface area contributed by atoms with Crippen LogP contribution in [0.25, 0.3) is 0 Å². The fourth-order valence-corrected chi connectivity index (χ4v) is 4.89. The molecular formula is C21H27N3O2S. The summed E-state index contributed by atoms with van der Waals surface area (Å²) in [5.74, 6) is 2.21. The van der Waals surface area contributed by atoms with Crippen molar-refractivity contribution in [3.05, 3.63) is 41.6 Å². The summed E-state index contributed by atoms with van der Waals surface area (Å²) >= 11 is 1.64. The Morgan fingerprint density at radius 2 is 1.89 bits per heavy atom. The predicted molar refractivity (Wildman–Crippen MR) is 109 cm³/mol. The lowest BCUT2D eigenvalue weighted by Gasteiger charge is -2.23. The van der Waals surface area contributed by atoms with Gasteiger partial charge in [-0.05, 0) is 64.2 Å². The third-order valence-electron chi connectivity index (χ3n) is 5.14.